The molecule has 5 heteroatoms. The van der Waals surface area contributed by atoms with Crippen LogP contribution in [0.1, 0.15) is 31.2 Å². The summed E-state index contributed by atoms with van der Waals surface area (Å²) in [7, 11) is 0. The predicted molar refractivity (Wildman–Crippen MR) is 104 cm³/mol. The lowest BCUT2D eigenvalue weighted by molar-refractivity contribution is -0.711. The summed E-state index contributed by atoms with van der Waals surface area (Å²) in [5.41, 5.74) is 1.86. The lowest BCUT2D eigenvalue weighted by Gasteiger charge is -2.15. The van der Waals surface area contributed by atoms with E-state index in [2.05, 4.69) is 5.32 Å². The molecule has 0 aliphatic carbocycles. The molecule has 0 bridgehead atoms. The van der Waals surface area contributed by atoms with Gasteiger partial charge in [-0.3, -0.25) is 4.79 Å². The predicted octanol–water partition coefficient (Wildman–Crippen LogP) is 3.51. The van der Waals surface area contributed by atoms with Crippen molar-refractivity contribution in [2.75, 3.05) is 5.32 Å². The maximum atomic E-state index is 12.4. The van der Waals surface area contributed by atoms with Gasteiger partial charge in [-0.15, -0.1) is 0 Å². The van der Waals surface area contributed by atoms with E-state index in [1.54, 1.807) is 6.26 Å². The molecule has 0 fully saturated rings. The van der Waals surface area contributed by atoms with Crippen molar-refractivity contribution in [3.63, 3.8) is 0 Å². The van der Waals surface area contributed by atoms with Crippen LogP contribution in [0, 0.1) is 0 Å². The summed E-state index contributed by atoms with van der Waals surface area (Å²) in [5, 5.41) is 4.91. The van der Waals surface area contributed by atoms with Gasteiger partial charge in [-0.25, -0.2) is 0 Å². The normalized spacial score (nSPS) is 13.0. The van der Waals surface area contributed by atoms with Gasteiger partial charge in [0.2, 0.25) is 0 Å². The van der Waals surface area contributed by atoms with Crippen molar-refractivity contribution >= 4 is 11.6 Å². The van der Waals surface area contributed by atoms with Gasteiger partial charge in [-0.2, -0.15) is 0 Å². The quantitative estimate of drug-likeness (QED) is 0.642. The maximum Gasteiger partial charge on any atom is 0.282 e. The number of carbonyl (C=O) groups excluding carboxylic acids is 1. The molecule has 0 saturated heterocycles. The van der Waals surface area contributed by atoms with Crippen molar-refractivity contribution in [1.29, 1.82) is 0 Å². The van der Waals surface area contributed by atoms with Gasteiger partial charge in [0, 0.05) is 5.69 Å². The summed E-state index contributed by atoms with van der Waals surface area (Å²) in [4.78, 5) is 12.4. The van der Waals surface area contributed by atoms with E-state index in [4.69, 9.17) is 9.15 Å². The van der Waals surface area contributed by atoms with Gasteiger partial charge in [0.1, 0.15) is 18.4 Å². The van der Waals surface area contributed by atoms with E-state index in [1.165, 1.54) is 0 Å². The molecule has 0 unspecified atom stereocenters. The van der Waals surface area contributed by atoms with E-state index in [1.807, 2.05) is 85.9 Å². The smallest absolute Gasteiger partial charge is 0.282 e. The molecule has 3 rings (SSSR count). The van der Waals surface area contributed by atoms with Gasteiger partial charge in [-0.1, -0.05) is 30.3 Å². The zero-order chi connectivity index (χ0) is 19.1. The van der Waals surface area contributed by atoms with E-state index < -0.39 is 0 Å². The number of benzene rings is 2. The molecule has 3 N–H and O–H groups in total. The molecule has 140 valence electrons. The van der Waals surface area contributed by atoms with Gasteiger partial charge in [0.05, 0.1) is 6.26 Å². The Morgan fingerprint density at radius 1 is 1.04 bits per heavy atom. The number of furan rings is 1. The van der Waals surface area contributed by atoms with E-state index in [-0.39, 0.29) is 18.0 Å². The van der Waals surface area contributed by atoms with Gasteiger partial charge >= 0.3 is 0 Å². The lowest BCUT2D eigenvalue weighted by atomic mass is 10.2. The summed E-state index contributed by atoms with van der Waals surface area (Å²) < 4.78 is 11.1. The zero-order valence-electron chi connectivity index (χ0n) is 15.6. The molecule has 27 heavy (non-hydrogen) atoms. The Hall–Kier alpha value is -3.05. The first-order valence-corrected chi connectivity index (χ1v) is 9.08. The molecular formula is C22H25N2O3+. The van der Waals surface area contributed by atoms with Gasteiger partial charge in [0.15, 0.2) is 11.8 Å². The molecule has 0 saturated carbocycles. The summed E-state index contributed by atoms with van der Waals surface area (Å²) in [6.07, 6.45) is 1.64. The standard InChI is InChI=1S/C22H24N2O3/c1-16(21-9-6-14-26-21)23-17(2)22(25)24-19-10-12-20(13-11-19)27-15-18-7-4-3-5-8-18/h3-14,16-17,23H,15H2,1-2H3,(H,24,25)/p+1/t16-,17+/m0/s1. The van der Waals surface area contributed by atoms with Crippen molar-refractivity contribution in [3.05, 3.63) is 84.3 Å². The largest absolute Gasteiger partial charge is 0.489 e. The third kappa shape index (κ3) is 5.46. The molecule has 2 atom stereocenters. The van der Waals surface area contributed by atoms with Crippen molar-refractivity contribution in [3.8, 4) is 5.75 Å². The highest BCUT2D eigenvalue weighted by Crippen LogP contribution is 2.17. The summed E-state index contributed by atoms with van der Waals surface area (Å²) >= 11 is 0. The van der Waals surface area contributed by atoms with Crippen LogP contribution < -0.4 is 15.4 Å². The Morgan fingerprint density at radius 2 is 1.78 bits per heavy atom. The SMILES string of the molecule is C[C@H]([NH2+][C@H](C)C(=O)Nc1ccc(OCc2ccccc2)cc1)c1ccco1. The van der Waals surface area contributed by atoms with Crippen molar-refractivity contribution in [1.82, 2.24) is 0 Å². The number of anilines is 1. The van der Waals surface area contributed by atoms with E-state index >= 15 is 0 Å². The van der Waals surface area contributed by atoms with Crippen molar-refractivity contribution in [2.45, 2.75) is 32.5 Å². The molecule has 5 nitrogen and oxygen atoms in total. The average Bonchev–Trinajstić information content (AvgIpc) is 3.23. The molecule has 1 aromatic heterocycles. The Labute approximate surface area is 159 Å². The fraction of sp³-hybridized carbons (Fsp3) is 0.227. The minimum Gasteiger partial charge on any atom is -0.489 e. The first-order valence-electron chi connectivity index (χ1n) is 9.08. The fourth-order valence-corrected chi connectivity index (χ4v) is 2.80. The molecule has 1 amide bonds. The number of rotatable bonds is 8. The maximum absolute atomic E-state index is 12.4. The third-order valence-electron chi connectivity index (χ3n) is 4.35. The third-order valence-corrected chi connectivity index (χ3v) is 4.35. The van der Waals surface area contributed by atoms with Crippen LogP contribution in [0.2, 0.25) is 0 Å². The number of quaternary nitrogens is 1. The molecule has 0 radical (unpaired) electrons. The Morgan fingerprint density at radius 3 is 2.44 bits per heavy atom. The highest BCUT2D eigenvalue weighted by atomic mass is 16.5. The second kappa shape index (κ2) is 9.05. The molecular weight excluding hydrogens is 340 g/mol. The number of nitrogens with two attached hydrogens (primary N) is 1. The summed E-state index contributed by atoms with van der Waals surface area (Å²) in [5.74, 6) is 1.57. The molecule has 0 aliphatic heterocycles. The highest BCUT2D eigenvalue weighted by molar-refractivity contribution is 5.93. The van der Waals surface area contributed by atoms with Crippen LogP contribution in [0.3, 0.4) is 0 Å². The van der Waals surface area contributed by atoms with Crippen LogP contribution in [0.5, 0.6) is 5.75 Å². The van der Waals surface area contributed by atoms with Gasteiger partial charge in [0.25, 0.3) is 5.91 Å². The highest BCUT2D eigenvalue weighted by Gasteiger charge is 2.21. The second-order valence-corrected chi connectivity index (χ2v) is 6.57. The van der Waals surface area contributed by atoms with Gasteiger partial charge in [-0.05, 0) is 55.8 Å². The topological polar surface area (TPSA) is 68.1 Å². The van der Waals surface area contributed by atoms with Crippen LogP contribution in [-0.2, 0) is 11.4 Å². The number of ether oxygens (including phenoxy) is 1. The fourth-order valence-electron chi connectivity index (χ4n) is 2.80. The number of amides is 1. The van der Waals surface area contributed by atoms with Gasteiger partial charge < -0.3 is 19.8 Å². The molecule has 0 spiro atoms. The molecule has 1 heterocycles. The minimum atomic E-state index is -0.237. The van der Waals surface area contributed by atoms with E-state index in [9.17, 15) is 4.79 Å². The second-order valence-electron chi connectivity index (χ2n) is 6.57. The summed E-state index contributed by atoms with van der Waals surface area (Å²) in [6.45, 7) is 4.41. The number of hydrogen-bond acceptors (Lipinski definition) is 3. The van der Waals surface area contributed by atoms with E-state index in [0.29, 0.717) is 6.61 Å². The van der Waals surface area contributed by atoms with Crippen LogP contribution in [0.15, 0.2) is 77.4 Å². The Bertz CT molecular complexity index is 830. The van der Waals surface area contributed by atoms with E-state index in [0.717, 1.165) is 22.8 Å². The Kier molecular flexibility index (Phi) is 6.28. The summed E-state index contributed by atoms with van der Waals surface area (Å²) in [6, 6.07) is 21.0. The monoisotopic (exact) mass is 365 g/mol. The van der Waals surface area contributed by atoms with Crippen LogP contribution in [-0.4, -0.2) is 11.9 Å². The number of hydrogen-bond donors (Lipinski definition) is 2. The van der Waals surface area contributed by atoms with Crippen LogP contribution >= 0.6 is 0 Å². The number of carbonyl (C=O) groups is 1. The van der Waals surface area contributed by atoms with Crippen molar-refractivity contribution in [2.24, 2.45) is 0 Å². The Balaban J connectivity index is 1.49. The van der Waals surface area contributed by atoms with Crippen LogP contribution in [0.25, 0.3) is 0 Å². The minimum absolute atomic E-state index is 0.0497. The lowest BCUT2D eigenvalue weighted by Crippen LogP contribution is -2.91. The molecule has 0 aliphatic rings. The first-order chi connectivity index (χ1) is 13.1. The first kappa shape index (κ1) is 18.7. The average molecular weight is 365 g/mol. The zero-order valence-corrected chi connectivity index (χ0v) is 15.6. The van der Waals surface area contributed by atoms with Crippen LogP contribution in [0.4, 0.5) is 5.69 Å². The molecule has 2 aromatic carbocycles. The number of nitrogens with one attached hydrogen (secondary N) is 1. The van der Waals surface area contributed by atoms with Crippen molar-refractivity contribution < 1.29 is 19.3 Å². The molecule has 3 aromatic rings.